The maximum absolute atomic E-state index is 8.91. The third kappa shape index (κ3) is 2.17. The molecule has 1 saturated heterocycles. The largest absolute Gasteiger partial charge is 0.367 e. The van der Waals surface area contributed by atoms with Gasteiger partial charge in [-0.05, 0) is 25.1 Å². The summed E-state index contributed by atoms with van der Waals surface area (Å²) in [4.78, 5) is 2.40. The Morgan fingerprint density at radius 3 is 3.00 bits per heavy atom. The van der Waals surface area contributed by atoms with Crippen molar-refractivity contribution in [2.75, 3.05) is 17.2 Å². The molecule has 1 heterocycles. The Morgan fingerprint density at radius 2 is 2.25 bits per heavy atom. The third-order valence-electron chi connectivity index (χ3n) is 3.19. The van der Waals surface area contributed by atoms with Crippen molar-refractivity contribution in [1.29, 1.82) is 5.26 Å². The molecule has 2 unspecified atom stereocenters. The lowest BCUT2D eigenvalue weighted by atomic mass is 10.1. The van der Waals surface area contributed by atoms with Gasteiger partial charge in [-0.15, -0.1) is 0 Å². The summed E-state index contributed by atoms with van der Waals surface area (Å²) in [6, 6.07) is 10.6. The summed E-state index contributed by atoms with van der Waals surface area (Å²) in [6.07, 6.45) is 0. The van der Waals surface area contributed by atoms with Gasteiger partial charge in [0.2, 0.25) is 0 Å². The van der Waals surface area contributed by atoms with Gasteiger partial charge in [0, 0.05) is 29.3 Å². The first kappa shape index (κ1) is 11.3. The van der Waals surface area contributed by atoms with Crippen molar-refractivity contribution in [1.82, 2.24) is 0 Å². The van der Waals surface area contributed by atoms with E-state index < -0.39 is 0 Å². The van der Waals surface area contributed by atoms with E-state index in [2.05, 4.69) is 30.9 Å². The molecule has 16 heavy (non-hydrogen) atoms. The van der Waals surface area contributed by atoms with Gasteiger partial charge in [0.25, 0.3) is 0 Å². The predicted octanol–water partition coefficient (Wildman–Crippen LogP) is 2.89. The van der Waals surface area contributed by atoms with Crippen molar-refractivity contribution < 1.29 is 0 Å². The van der Waals surface area contributed by atoms with Crippen LogP contribution in [0.5, 0.6) is 0 Å². The lowest BCUT2D eigenvalue weighted by Gasteiger charge is -2.39. The molecule has 1 fully saturated rings. The summed E-state index contributed by atoms with van der Waals surface area (Å²) in [6.45, 7) is 5.61. The van der Waals surface area contributed by atoms with Gasteiger partial charge in [-0.2, -0.15) is 17.0 Å². The van der Waals surface area contributed by atoms with E-state index in [-0.39, 0.29) is 0 Å². The highest BCUT2D eigenvalue weighted by Gasteiger charge is 2.25. The van der Waals surface area contributed by atoms with E-state index in [1.165, 1.54) is 11.4 Å². The van der Waals surface area contributed by atoms with Crippen LogP contribution in [0.15, 0.2) is 24.3 Å². The summed E-state index contributed by atoms with van der Waals surface area (Å²) in [7, 11) is 0. The van der Waals surface area contributed by atoms with Gasteiger partial charge in [0.15, 0.2) is 0 Å². The molecule has 0 spiro atoms. The monoisotopic (exact) mass is 232 g/mol. The van der Waals surface area contributed by atoms with E-state index in [9.17, 15) is 0 Å². The molecule has 1 aliphatic heterocycles. The number of hydrogen-bond donors (Lipinski definition) is 0. The smallest absolute Gasteiger partial charge is 0.0992 e. The van der Waals surface area contributed by atoms with Crippen LogP contribution >= 0.6 is 11.8 Å². The standard InChI is InChI=1S/C13H16N2S/c1-10-11(2)16-7-6-15(10)13-5-3-4-12(8-13)9-14/h3-5,8,10-11H,6-7H2,1-2H3. The quantitative estimate of drug-likeness (QED) is 0.745. The number of thioether (sulfide) groups is 1. The Balaban J connectivity index is 2.26. The summed E-state index contributed by atoms with van der Waals surface area (Å²) >= 11 is 2.03. The van der Waals surface area contributed by atoms with Crippen LogP contribution < -0.4 is 4.90 Å². The first-order valence-electron chi connectivity index (χ1n) is 5.61. The molecule has 0 N–H and O–H groups in total. The second-order valence-corrected chi connectivity index (χ2v) is 5.66. The van der Waals surface area contributed by atoms with E-state index in [1.54, 1.807) is 0 Å². The summed E-state index contributed by atoms with van der Waals surface area (Å²) in [5.74, 6) is 1.17. The van der Waals surface area contributed by atoms with E-state index in [1.807, 2.05) is 30.0 Å². The molecule has 3 heteroatoms. The van der Waals surface area contributed by atoms with Crippen LogP contribution in [-0.4, -0.2) is 23.6 Å². The maximum atomic E-state index is 8.91. The normalized spacial score (nSPS) is 25.2. The molecule has 0 bridgehead atoms. The summed E-state index contributed by atoms with van der Waals surface area (Å²) in [5, 5.41) is 9.56. The fraction of sp³-hybridized carbons (Fsp3) is 0.462. The van der Waals surface area contributed by atoms with Crippen LogP contribution in [0.25, 0.3) is 0 Å². The highest BCUT2D eigenvalue weighted by Crippen LogP contribution is 2.29. The van der Waals surface area contributed by atoms with E-state index in [0.29, 0.717) is 11.3 Å². The number of anilines is 1. The first-order chi connectivity index (χ1) is 7.72. The van der Waals surface area contributed by atoms with Crippen LogP contribution in [0, 0.1) is 11.3 Å². The van der Waals surface area contributed by atoms with E-state index >= 15 is 0 Å². The number of nitriles is 1. The topological polar surface area (TPSA) is 27.0 Å². The average molecular weight is 232 g/mol. The summed E-state index contributed by atoms with van der Waals surface area (Å²) < 4.78 is 0. The second-order valence-electron chi connectivity index (χ2n) is 4.17. The molecule has 84 valence electrons. The van der Waals surface area contributed by atoms with Gasteiger partial charge in [-0.25, -0.2) is 0 Å². The van der Waals surface area contributed by atoms with Crippen molar-refractivity contribution in [2.45, 2.75) is 25.1 Å². The minimum atomic E-state index is 0.535. The molecule has 1 aromatic rings. The number of hydrogen-bond acceptors (Lipinski definition) is 3. The third-order valence-corrected chi connectivity index (χ3v) is 4.53. The van der Waals surface area contributed by atoms with Crippen LogP contribution in [-0.2, 0) is 0 Å². The maximum Gasteiger partial charge on any atom is 0.0992 e. The fourth-order valence-electron chi connectivity index (χ4n) is 2.05. The minimum Gasteiger partial charge on any atom is -0.367 e. The van der Waals surface area contributed by atoms with Crippen LogP contribution in [0.1, 0.15) is 19.4 Å². The molecule has 2 atom stereocenters. The van der Waals surface area contributed by atoms with Crippen molar-refractivity contribution in [2.24, 2.45) is 0 Å². The molecular weight excluding hydrogens is 216 g/mol. The molecule has 0 amide bonds. The Hall–Kier alpha value is -1.14. The second kappa shape index (κ2) is 4.80. The average Bonchev–Trinajstić information content (AvgIpc) is 2.33. The molecule has 0 saturated carbocycles. The predicted molar refractivity (Wildman–Crippen MR) is 69.9 cm³/mol. The van der Waals surface area contributed by atoms with Crippen molar-refractivity contribution in [3.63, 3.8) is 0 Å². The van der Waals surface area contributed by atoms with E-state index in [4.69, 9.17) is 5.26 Å². The van der Waals surface area contributed by atoms with Gasteiger partial charge in [-0.3, -0.25) is 0 Å². The Morgan fingerprint density at radius 1 is 1.44 bits per heavy atom. The highest BCUT2D eigenvalue weighted by molar-refractivity contribution is 8.00. The zero-order valence-electron chi connectivity index (χ0n) is 9.68. The molecule has 0 radical (unpaired) electrons. The van der Waals surface area contributed by atoms with Gasteiger partial charge in [0.1, 0.15) is 0 Å². The lowest BCUT2D eigenvalue weighted by Crippen LogP contribution is -2.44. The zero-order chi connectivity index (χ0) is 11.5. The van der Waals surface area contributed by atoms with Crippen molar-refractivity contribution in [3.8, 4) is 6.07 Å². The van der Waals surface area contributed by atoms with Crippen molar-refractivity contribution >= 4 is 17.4 Å². The Kier molecular flexibility index (Phi) is 3.40. The molecule has 0 aliphatic carbocycles. The van der Waals surface area contributed by atoms with E-state index in [0.717, 1.165) is 12.1 Å². The van der Waals surface area contributed by atoms with Gasteiger partial charge >= 0.3 is 0 Å². The van der Waals surface area contributed by atoms with Gasteiger partial charge < -0.3 is 4.90 Å². The van der Waals surface area contributed by atoms with Crippen molar-refractivity contribution in [3.05, 3.63) is 29.8 Å². The Bertz CT molecular complexity index is 411. The Labute approximate surface area is 101 Å². The fourth-order valence-corrected chi connectivity index (χ4v) is 3.15. The minimum absolute atomic E-state index is 0.535. The lowest BCUT2D eigenvalue weighted by molar-refractivity contribution is 0.627. The number of rotatable bonds is 1. The number of nitrogens with zero attached hydrogens (tertiary/aromatic N) is 2. The van der Waals surface area contributed by atoms with Crippen LogP contribution in [0.2, 0.25) is 0 Å². The SMILES string of the molecule is CC1SCCN(c2cccc(C#N)c2)C1C. The molecule has 0 aromatic heterocycles. The molecule has 2 rings (SSSR count). The molecule has 2 nitrogen and oxygen atoms in total. The highest BCUT2D eigenvalue weighted by atomic mass is 32.2. The van der Waals surface area contributed by atoms with Gasteiger partial charge in [-0.1, -0.05) is 13.0 Å². The first-order valence-corrected chi connectivity index (χ1v) is 6.65. The molecular formula is C13H16N2S. The number of benzene rings is 1. The molecule has 1 aromatic carbocycles. The van der Waals surface area contributed by atoms with Crippen LogP contribution in [0.4, 0.5) is 5.69 Å². The van der Waals surface area contributed by atoms with Crippen LogP contribution in [0.3, 0.4) is 0 Å². The zero-order valence-corrected chi connectivity index (χ0v) is 10.5. The summed E-state index contributed by atoms with van der Waals surface area (Å²) in [5.41, 5.74) is 1.93. The van der Waals surface area contributed by atoms with Gasteiger partial charge in [0.05, 0.1) is 11.6 Å². The molecule has 1 aliphatic rings.